The summed E-state index contributed by atoms with van der Waals surface area (Å²) in [5, 5.41) is 0.0848. The van der Waals surface area contributed by atoms with E-state index in [2.05, 4.69) is 0 Å². The monoisotopic (exact) mass is 335 g/mol. The van der Waals surface area contributed by atoms with Gasteiger partial charge in [-0.15, -0.1) is 0 Å². The minimum absolute atomic E-state index is 0.0220. The summed E-state index contributed by atoms with van der Waals surface area (Å²) in [6, 6.07) is 14.4. The van der Waals surface area contributed by atoms with Crippen molar-refractivity contribution in [2.75, 3.05) is 6.54 Å². The lowest BCUT2D eigenvalue weighted by Gasteiger charge is -2.05. The average Bonchev–Trinajstić information content (AvgIpc) is 3.24. The van der Waals surface area contributed by atoms with Gasteiger partial charge < -0.3 is 5.73 Å². The SMILES string of the molecule is Cc1ccc([C@@H]2[C@@H](CN)[C@H]2S(=O)(=O)c2ccc(Cl)cc2)cc1. The highest BCUT2D eigenvalue weighted by atomic mass is 35.5. The first-order valence-electron chi connectivity index (χ1n) is 7.21. The molecule has 0 aliphatic heterocycles. The van der Waals surface area contributed by atoms with Crippen molar-refractivity contribution in [3.05, 3.63) is 64.7 Å². The summed E-state index contributed by atoms with van der Waals surface area (Å²) in [6.45, 7) is 2.38. The van der Waals surface area contributed by atoms with Crippen LogP contribution in [0.15, 0.2) is 53.4 Å². The maximum Gasteiger partial charge on any atom is 0.182 e. The fourth-order valence-electron chi connectivity index (χ4n) is 3.05. The van der Waals surface area contributed by atoms with Gasteiger partial charge in [0.05, 0.1) is 10.1 Å². The van der Waals surface area contributed by atoms with Gasteiger partial charge in [-0.1, -0.05) is 41.4 Å². The van der Waals surface area contributed by atoms with Gasteiger partial charge in [0.1, 0.15) is 0 Å². The van der Waals surface area contributed by atoms with Crippen LogP contribution in [0, 0.1) is 12.8 Å². The molecule has 0 aromatic heterocycles. The van der Waals surface area contributed by atoms with E-state index in [1.807, 2.05) is 31.2 Å². The molecular formula is C17H18ClNO2S. The van der Waals surface area contributed by atoms with E-state index in [4.69, 9.17) is 17.3 Å². The van der Waals surface area contributed by atoms with Crippen molar-refractivity contribution >= 4 is 21.4 Å². The van der Waals surface area contributed by atoms with Gasteiger partial charge in [-0.3, -0.25) is 0 Å². The topological polar surface area (TPSA) is 60.2 Å². The van der Waals surface area contributed by atoms with Crippen LogP contribution in [0.4, 0.5) is 0 Å². The zero-order valence-electron chi connectivity index (χ0n) is 12.2. The van der Waals surface area contributed by atoms with Crippen LogP contribution in [0.3, 0.4) is 0 Å². The largest absolute Gasteiger partial charge is 0.330 e. The second-order valence-electron chi connectivity index (χ2n) is 5.80. The van der Waals surface area contributed by atoms with Crippen molar-refractivity contribution in [1.82, 2.24) is 0 Å². The van der Waals surface area contributed by atoms with Crippen LogP contribution < -0.4 is 5.73 Å². The fourth-order valence-corrected chi connectivity index (χ4v) is 5.40. The van der Waals surface area contributed by atoms with Gasteiger partial charge in [0.25, 0.3) is 0 Å². The molecule has 2 aromatic carbocycles. The lowest BCUT2D eigenvalue weighted by atomic mass is 10.1. The maximum absolute atomic E-state index is 12.8. The summed E-state index contributed by atoms with van der Waals surface area (Å²) < 4.78 is 25.7. The molecule has 2 N–H and O–H groups in total. The lowest BCUT2D eigenvalue weighted by Crippen LogP contribution is -2.13. The molecule has 0 radical (unpaired) electrons. The predicted octanol–water partition coefficient (Wildman–Crippen LogP) is 3.16. The first kappa shape index (κ1) is 15.5. The Bertz CT molecular complexity index is 769. The molecule has 0 spiro atoms. The third-order valence-corrected chi connectivity index (χ3v) is 6.87. The van der Waals surface area contributed by atoms with Crippen molar-refractivity contribution in [1.29, 1.82) is 0 Å². The van der Waals surface area contributed by atoms with E-state index in [0.29, 0.717) is 16.5 Å². The number of rotatable bonds is 4. The summed E-state index contributed by atoms with van der Waals surface area (Å²) in [5.41, 5.74) is 8.00. The summed E-state index contributed by atoms with van der Waals surface area (Å²) >= 11 is 5.84. The lowest BCUT2D eigenvalue weighted by molar-refractivity contribution is 0.591. The van der Waals surface area contributed by atoms with Crippen LogP contribution in [0.5, 0.6) is 0 Å². The number of sulfone groups is 1. The van der Waals surface area contributed by atoms with Gasteiger partial charge in [0, 0.05) is 10.9 Å². The smallest absolute Gasteiger partial charge is 0.182 e. The molecule has 3 nitrogen and oxygen atoms in total. The Kier molecular flexibility index (Phi) is 4.02. The molecule has 0 bridgehead atoms. The summed E-state index contributed by atoms with van der Waals surface area (Å²) in [4.78, 5) is 0.315. The molecule has 0 unspecified atom stereocenters. The highest BCUT2D eigenvalue weighted by Gasteiger charge is 2.57. The predicted molar refractivity (Wildman–Crippen MR) is 88.9 cm³/mol. The Hall–Kier alpha value is -1.36. The van der Waals surface area contributed by atoms with Crippen LogP contribution in [0.25, 0.3) is 0 Å². The molecule has 1 saturated carbocycles. The molecule has 1 aliphatic rings. The highest BCUT2D eigenvalue weighted by molar-refractivity contribution is 7.92. The summed E-state index contributed by atoms with van der Waals surface area (Å²) in [6.07, 6.45) is 0. The third kappa shape index (κ3) is 2.67. The molecule has 1 fully saturated rings. The van der Waals surface area contributed by atoms with E-state index in [9.17, 15) is 8.42 Å². The molecule has 0 saturated heterocycles. The molecule has 3 rings (SSSR count). The number of aryl methyl sites for hydroxylation is 1. The first-order chi connectivity index (χ1) is 10.4. The van der Waals surface area contributed by atoms with Gasteiger partial charge in [-0.2, -0.15) is 0 Å². The van der Waals surface area contributed by atoms with E-state index in [1.165, 1.54) is 0 Å². The number of benzene rings is 2. The number of nitrogens with two attached hydrogens (primary N) is 1. The molecular weight excluding hydrogens is 318 g/mol. The second kappa shape index (κ2) is 5.69. The maximum atomic E-state index is 12.8. The molecule has 3 atom stereocenters. The standard InChI is InChI=1S/C17H18ClNO2S/c1-11-2-4-12(5-3-11)16-15(10-19)17(16)22(20,21)14-8-6-13(18)7-9-14/h2-9,15-17H,10,19H2,1H3/t15-,16-,17-/m1/s1. The van der Waals surface area contributed by atoms with Gasteiger partial charge in [0.2, 0.25) is 0 Å². The van der Waals surface area contributed by atoms with Crippen molar-refractivity contribution in [3.63, 3.8) is 0 Å². The van der Waals surface area contributed by atoms with Crippen LogP contribution in [-0.2, 0) is 9.84 Å². The molecule has 22 heavy (non-hydrogen) atoms. The average molecular weight is 336 g/mol. The Morgan fingerprint density at radius 2 is 1.64 bits per heavy atom. The summed E-state index contributed by atoms with van der Waals surface area (Å²) in [5.74, 6) is -0.0466. The Labute approximate surface area is 136 Å². The van der Waals surface area contributed by atoms with E-state index in [0.717, 1.165) is 11.1 Å². The van der Waals surface area contributed by atoms with Crippen LogP contribution in [0.1, 0.15) is 17.0 Å². The Balaban J connectivity index is 1.93. The molecule has 2 aromatic rings. The molecule has 116 valence electrons. The van der Waals surface area contributed by atoms with Crippen molar-refractivity contribution < 1.29 is 8.42 Å². The Morgan fingerprint density at radius 1 is 1.05 bits per heavy atom. The molecule has 0 heterocycles. The van der Waals surface area contributed by atoms with Gasteiger partial charge >= 0.3 is 0 Å². The highest BCUT2D eigenvalue weighted by Crippen LogP contribution is 2.53. The van der Waals surface area contributed by atoms with E-state index in [-0.39, 0.29) is 11.8 Å². The minimum atomic E-state index is -3.39. The second-order valence-corrected chi connectivity index (χ2v) is 8.34. The van der Waals surface area contributed by atoms with Crippen LogP contribution in [-0.4, -0.2) is 20.2 Å². The van der Waals surface area contributed by atoms with Crippen molar-refractivity contribution in [3.8, 4) is 0 Å². The van der Waals surface area contributed by atoms with E-state index >= 15 is 0 Å². The minimum Gasteiger partial charge on any atom is -0.330 e. The van der Waals surface area contributed by atoms with Crippen LogP contribution >= 0.6 is 11.6 Å². The third-order valence-electron chi connectivity index (χ3n) is 4.33. The van der Waals surface area contributed by atoms with Gasteiger partial charge in [-0.05, 0) is 49.2 Å². The first-order valence-corrected chi connectivity index (χ1v) is 9.13. The molecule has 5 heteroatoms. The zero-order valence-corrected chi connectivity index (χ0v) is 13.8. The number of hydrogen-bond acceptors (Lipinski definition) is 3. The van der Waals surface area contributed by atoms with Gasteiger partial charge in [0.15, 0.2) is 9.84 Å². The van der Waals surface area contributed by atoms with Crippen molar-refractivity contribution in [2.24, 2.45) is 11.7 Å². The quantitative estimate of drug-likeness (QED) is 0.933. The summed E-state index contributed by atoms with van der Waals surface area (Å²) in [7, 11) is -3.39. The zero-order chi connectivity index (χ0) is 15.9. The fraction of sp³-hybridized carbons (Fsp3) is 0.294. The molecule has 0 amide bonds. The van der Waals surface area contributed by atoms with E-state index in [1.54, 1.807) is 24.3 Å². The Morgan fingerprint density at radius 3 is 2.18 bits per heavy atom. The van der Waals surface area contributed by atoms with Gasteiger partial charge in [-0.25, -0.2) is 8.42 Å². The normalized spacial score (nSPS) is 24.2. The van der Waals surface area contributed by atoms with Crippen LogP contribution in [0.2, 0.25) is 5.02 Å². The number of hydrogen-bond donors (Lipinski definition) is 1. The van der Waals surface area contributed by atoms with Crippen molar-refractivity contribution in [2.45, 2.75) is 23.0 Å². The number of halogens is 1. The van der Waals surface area contributed by atoms with E-state index < -0.39 is 15.1 Å². The molecule has 1 aliphatic carbocycles.